The molecule has 1 unspecified atom stereocenters. The summed E-state index contributed by atoms with van der Waals surface area (Å²) in [7, 11) is 2.12. The van der Waals surface area contributed by atoms with Gasteiger partial charge in [-0.05, 0) is 45.5 Å². The van der Waals surface area contributed by atoms with E-state index in [9.17, 15) is 4.39 Å². The zero-order valence-electron chi connectivity index (χ0n) is 12.7. The van der Waals surface area contributed by atoms with Gasteiger partial charge in [-0.25, -0.2) is 4.39 Å². The Morgan fingerprint density at radius 2 is 2.20 bits per heavy atom. The Labute approximate surface area is 121 Å². The van der Waals surface area contributed by atoms with Crippen molar-refractivity contribution in [1.82, 2.24) is 10.2 Å². The summed E-state index contributed by atoms with van der Waals surface area (Å²) < 4.78 is 19.8. The van der Waals surface area contributed by atoms with Crippen LogP contribution in [-0.4, -0.2) is 37.7 Å². The monoisotopic (exact) mass is 280 g/mol. The maximum Gasteiger partial charge on any atom is 0.131 e. The lowest BCUT2D eigenvalue weighted by Gasteiger charge is -2.20. The molecule has 0 radical (unpaired) electrons. The molecule has 1 aromatic carbocycles. The van der Waals surface area contributed by atoms with Crippen molar-refractivity contribution >= 4 is 0 Å². The highest BCUT2D eigenvalue weighted by molar-refractivity contribution is 5.37. The minimum absolute atomic E-state index is 0.0441. The van der Waals surface area contributed by atoms with E-state index in [2.05, 4.69) is 17.3 Å². The molecule has 0 heterocycles. The van der Waals surface area contributed by atoms with E-state index in [1.165, 1.54) is 18.9 Å². The highest BCUT2D eigenvalue weighted by Crippen LogP contribution is 2.28. The molecular weight excluding hydrogens is 255 g/mol. The summed E-state index contributed by atoms with van der Waals surface area (Å²) in [4.78, 5) is 2.31. The first-order valence-corrected chi connectivity index (χ1v) is 7.48. The second-order valence-corrected chi connectivity index (χ2v) is 5.49. The molecule has 0 aliphatic heterocycles. The van der Waals surface area contributed by atoms with Crippen molar-refractivity contribution < 1.29 is 9.13 Å². The largest absolute Gasteiger partial charge is 0.492 e. The van der Waals surface area contributed by atoms with Crippen LogP contribution in [0.15, 0.2) is 18.2 Å². The molecular formula is C16H25FN2O. The third kappa shape index (κ3) is 3.93. The molecule has 0 aromatic heterocycles. The van der Waals surface area contributed by atoms with Gasteiger partial charge in [0.1, 0.15) is 18.2 Å². The van der Waals surface area contributed by atoms with E-state index in [0.717, 1.165) is 19.1 Å². The zero-order chi connectivity index (χ0) is 14.5. The Morgan fingerprint density at radius 3 is 2.85 bits per heavy atom. The van der Waals surface area contributed by atoms with Crippen molar-refractivity contribution in [3.63, 3.8) is 0 Å². The van der Waals surface area contributed by atoms with Crippen LogP contribution in [0.25, 0.3) is 0 Å². The molecule has 1 aromatic rings. The van der Waals surface area contributed by atoms with Crippen LogP contribution in [0.3, 0.4) is 0 Å². The van der Waals surface area contributed by atoms with Gasteiger partial charge in [-0.15, -0.1) is 0 Å². The standard InChI is InChI=1S/C16H25FN2O/c1-4-18-12(2)16-14(17)6-5-7-15(16)20-11-10-19(3)13-8-9-13/h5-7,12-13,18H,4,8-11H2,1-3H3. The van der Waals surface area contributed by atoms with Gasteiger partial charge < -0.3 is 15.0 Å². The number of nitrogens with one attached hydrogen (secondary N) is 1. The Hall–Kier alpha value is -1.13. The molecule has 1 aliphatic carbocycles. The van der Waals surface area contributed by atoms with Gasteiger partial charge in [0, 0.05) is 24.2 Å². The van der Waals surface area contributed by atoms with E-state index in [4.69, 9.17) is 4.74 Å². The highest BCUT2D eigenvalue weighted by Gasteiger charge is 2.25. The Balaban J connectivity index is 1.96. The average molecular weight is 280 g/mol. The van der Waals surface area contributed by atoms with Crippen molar-refractivity contribution in [2.24, 2.45) is 0 Å². The van der Waals surface area contributed by atoms with Crippen LogP contribution in [0.4, 0.5) is 4.39 Å². The average Bonchev–Trinajstić information content (AvgIpc) is 3.23. The van der Waals surface area contributed by atoms with Gasteiger partial charge in [0.25, 0.3) is 0 Å². The fourth-order valence-corrected chi connectivity index (χ4v) is 2.47. The van der Waals surface area contributed by atoms with Crippen LogP contribution in [0.5, 0.6) is 5.75 Å². The summed E-state index contributed by atoms with van der Waals surface area (Å²) in [5.74, 6) is 0.453. The van der Waals surface area contributed by atoms with E-state index in [1.54, 1.807) is 6.07 Å². The topological polar surface area (TPSA) is 24.5 Å². The van der Waals surface area contributed by atoms with Crippen molar-refractivity contribution in [2.75, 3.05) is 26.7 Å². The van der Waals surface area contributed by atoms with Crippen LogP contribution in [0, 0.1) is 5.82 Å². The van der Waals surface area contributed by atoms with Gasteiger partial charge in [0.05, 0.1) is 0 Å². The van der Waals surface area contributed by atoms with Crippen molar-refractivity contribution in [3.8, 4) is 5.75 Å². The third-order valence-corrected chi connectivity index (χ3v) is 3.83. The molecule has 112 valence electrons. The molecule has 1 saturated carbocycles. The summed E-state index contributed by atoms with van der Waals surface area (Å²) in [6, 6.07) is 5.73. The summed E-state index contributed by atoms with van der Waals surface area (Å²) in [6.07, 6.45) is 2.58. The molecule has 3 nitrogen and oxygen atoms in total. The Morgan fingerprint density at radius 1 is 1.45 bits per heavy atom. The third-order valence-electron chi connectivity index (χ3n) is 3.83. The first-order valence-electron chi connectivity index (χ1n) is 7.48. The second-order valence-electron chi connectivity index (χ2n) is 5.49. The van der Waals surface area contributed by atoms with Gasteiger partial charge in [-0.3, -0.25) is 0 Å². The van der Waals surface area contributed by atoms with Gasteiger partial charge in [0.2, 0.25) is 0 Å². The molecule has 1 aliphatic rings. The van der Waals surface area contributed by atoms with Crippen molar-refractivity contribution in [2.45, 2.75) is 38.8 Å². The highest BCUT2D eigenvalue weighted by atomic mass is 19.1. The van der Waals surface area contributed by atoms with E-state index in [0.29, 0.717) is 17.9 Å². The number of nitrogens with zero attached hydrogens (tertiary/aromatic N) is 1. The lowest BCUT2D eigenvalue weighted by atomic mass is 10.1. The normalized spacial score (nSPS) is 16.4. The first-order chi connectivity index (χ1) is 9.63. The SMILES string of the molecule is CCNC(C)c1c(F)cccc1OCCN(C)C1CC1. The van der Waals surface area contributed by atoms with E-state index >= 15 is 0 Å². The Kier molecular flexibility index (Phi) is 5.38. The molecule has 2 rings (SSSR count). The van der Waals surface area contributed by atoms with Crippen molar-refractivity contribution in [3.05, 3.63) is 29.6 Å². The maximum atomic E-state index is 14.0. The molecule has 1 atom stereocenters. The number of hydrogen-bond donors (Lipinski definition) is 1. The van der Waals surface area contributed by atoms with Crippen LogP contribution in [0.1, 0.15) is 38.3 Å². The number of hydrogen-bond acceptors (Lipinski definition) is 3. The van der Waals surface area contributed by atoms with Gasteiger partial charge in [0.15, 0.2) is 0 Å². The van der Waals surface area contributed by atoms with Crippen molar-refractivity contribution in [1.29, 1.82) is 0 Å². The summed E-state index contributed by atoms with van der Waals surface area (Å²) >= 11 is 0. The summed E-state index contributed by atoms with van der Waals surface area (Å²) in [5.41, 5.74) is 0.628. The van der Waals surface area contributed by atoms with Crippen LogP contribution < -0.4 is 10.1 Å². The summed E-state index contributed by atoms with van der Waals surface area (Å²) in [6.45, 7) is 6.27. The Bertz CT molecular complexity index is 434. The zero-order valence-corrected chi connectivity index (χ0v) is 12.7. The predicted molar refractivity (Wildman–Crippen MR) is 79.6 cm³/mol. The fourth-order valence-electron chi connectivity index (χ4n) is 2.47. The molecule has 0 spiro atoms. The van der Waals surface area contributed by atoms with Gasteiger partial charge in [-0.2, -0.15) is 0 Å². The summed E-state index contributed by atoms with van der Waals surface area (Å²) in [5, 5.41) is 3.24. The van der Waals surface area contributed by atoms with E-state index < -0.39 is 0 Å². The quantitative estimate of drug-likeness (QED) is 0.792. The minimum Gasteiger partial charge on any atom is -0.492 e. The van der Waals surface area contributed by atoms with Gasteiger partial charge in [-0.1, -0.05) is 13.0 Å². The van der Waals surface area contributed by atoms with Crippen LogP contribution >= 0.6 is 0 Å². The molecule has 20 heavy (non-hydrogen) atoms. The maximum absolute atomic E-state index is 14.0. The van der Waals surface area contributed by atoms with Gasteiger partial charge >= 0.3 is 0 Å². The van der Waals surface area contributed by atoms with E-state index in [-0.39, 0.29) is 11.9 Å². The molecule has 4 heteroatoms. The number of likely N-dealkylation sites (N-methyl/N-ethyl adjacent to an activating group) is 1. The number of halogens is 1. The smallest absolute Gasteiger partial charge is 0.131 e. The lowest BCUT2D eigenvalue weighted by Crippen LogP contribution is -2.27. The minimum atomic E-state index is -0.202. The molecule has 1 N–H and O–H groups in total. The number of benzene rings is 1. The first kappa shape index (κ1) is 15.3. The number of rotatable bonds is 8. The fraction of sp³-hybridized carbons (Fsp3) is 0.625. The molecule has 1 fully saturated rings. The predicted octanol–water partition coefficient (Wildman–Crippen LogP) is 2.97. The second kappa shape index (κ2) is 7.04. The van der Waals surface area contributed by atoms with E-state index in [1.807, 2.05) is 19.9 Å². The lowest BCUT2D eigenvalue weighted by molar-refractivity contribution is 0.228. The number of ether oxygens (including phenoxy) is 1. The molecule has 0 saturated heterocycles. The van der Waals surface area contributed by atoms with Crippen LogP contribution in [0.2, 0.25) is 0 Å². The molecule has 0 amide bonds. The van der Waals surface area contributed by atoms with Crippen LogP contribution in [-0.2, 0) is 0 Å². The molecule has 0 bridgehead atoms.